The van der Waals surface area contributed by atoms with Gasteiger partial charge in [0.05, 0.1) is 11.4 Å². The van der Waals surface area contributed by atoms with E-state index in [2.05, 4.69) is 36.1 Å². The highest BCUT2D eigenvalue weighted by molar-refractivity contribution is 6.76. The lowest BCUT2D eigenvalue weighted by Gasteiger charge is -2.17. The third-order valence-corrected chi connectivity index (χ3v) is 6.77. The minimum absolute atomic E-state index is 0.248. The third kappa shape index (κ3) is 5.86. The average molecular weight is 426 g/mol. The Labute approximate surface area is 180 Å². The lowest BCUT2D eigenvalue weighted by atomic mass is 10.1. The fraction of sp³-hybridized carbons (Fsp3) is 0.417. The van der Waals surface area contributed by atoms with E-state index in [0.29, 0.717) is 6.73 Å². The van der Waals surface area contributed by atoms with Gasteiger partial charge >= 0.3 is 0 Å². The van der Waals surface area contributed by atoms with Gasteiger partial charge in [-0.05, 0) is 48.9 Å². The second-order valence-electron chi connectivity index (χ2n) is 8.85. The van der Waals surface area contributed by atoms with Crippen molar-refractivity contribution in [3.63, 3.8) is 0 Å². The van der Waals surface area contributed by atoms with Crippen LogP contribution in [0, 0.1) is 5.82 Å². The first kappa shape index (κ1) is 22.4. The minimum atomic E-state index is -1.16. The van der Waals surface area contributed by atoms with Crippen LogP contribution >= 0.6 is 0 Å². The highest BCUT2D eigenvalue weighted by atomic mass is 28.3. The number of aryl methyl sites for hydroxylation is 1. The summed E-state index contributed by atoms with van der Waals surface area (Å²) in [6, 6.07) is 11.6. The van der Waals surface area contributed by atoms with Gasteiger partial charge in [-0.3, -0.25) is 4.98 Å². The summed E-state index contributed by atoms with van der Waals surface area (Å²) < 4.78 is 21.8. The van der Waals surface area contributed by atoms with E-state index >= 15 is 0 Å². The zero-order valence-corrected chi connectivity index (χ0v) is 19.5. The summed E-state index contributed by atoms with van der Waals surface area (Å²) in [5.74, 6) is 0.755. The maximum absolute atomic E-state index is 13.5. The monoisotopic (exact) mass is 425 g/mol. The maximum Gasteiger partial charge on any atom is 0.124 e. The van der Waals surface area contributed by atoms with Gasteiger partial charge < -0.3 is 9.30 Å². The number of ether oxygens (including phenoxy) is 1. The van der Waals surface area contributed by atoms with E-state index in [1.807, 2.05) is 18.3 Å². The Morgan fingerprint density at radius 1 is 1.07 bits per heavy atom. The molecule has 0 fully saturated rings. The molecule has 3 aromatic rings. The molecule has 1 aromatic carbocycles. The molecule has 0 saturated heterocycles. The number of nitrogens with zero attached hydrogens (tertiary/aromatic N) is 3. The molecule has 160 valence electrons. The van der Waals surface area contributed by atoms with Crippen LogP contribution < -0.4 is 0 Å². The molecule has 0 amide bonds. The summed E-state index contributed by atoms with van der Waals surface area (Å²) in [6.07, 6.45) is 6.65. The van der Waals surface area contributed by atoms with Gasteiger partial charge in [-0.1, -0.05) is 33.0 Å². The molecular formula is C24H32FN3OSi. The molecule has 4 nitrogen and oxygen atoms in total. The molecule has 0 unspecified atom stereocenters. The molecule has 0 spiro atoms. The number of pyridine rings is 1. The number of hydrogen-bond donors (Lipinski definition) is 0. The predicted octanol–water partition coefficient (Wildman–Crippen LogP) is 6.41. The Kier molecular flexibility index (Phi) is 7.56. The van der Waals surface area contributed by atoms with Crippen molar-refractivity contribution in [2.75, 3.05) is 6.61 Å². The number of hydrogen-bond acceptors (Lipinski definition) is 3. The Morgan fingerprint density at radius 3 is 2.47 bits per heavy atom. The van der Waals surface area contributed by atoms with Gasteiger partial charge in [-0.15, -0.1) is 0 Å². The van der Waals surface area contributed by atoms with Crippen LogP contribution in [0.1, 0.15) is 25.6 Å². The molecule has 2 aromatic heterocycles. The predicted molar refractivity (Wildman–Crippen MR) is 124 cm³/mol. The molecule has 0 aliphatic heterocycles. The van der Waals surface area contributed by atoms with Crippen molar-refractivity contribution in [2.24, 2.45) is 0 Å². The van der Waals surface area contributed by atoms with Crippen molar-refractivity contribution in [2.45, 2.75) is 58.6 Å². The number of imidazole rings is 1. The first-order valence-corrected chi connectivity index (χ1v) is 14.4. The number of rotatable bonds is 10. The second-order valence-corrected chi connectivity index (χ2v) is 14.5. The number of unbranched alkanes of at least 4 members (excludes halogenated alkanes) is 1. The lowest BCUT2D eigenvalue weighted by molar-refractivity contribution is 0.0861. The van der Waals surface area contributed by atoms with Gasteiger partial charge in [0.2, 0.25) is 0 Å². The standard InChI is InChI=1S/C24H32FN3OSi/c1-5-6-9-22-27-23(19-10-12-21(25)13-11-19)24(20-8-7-14-26-17-20)28(22)18-29-15-16-30(2,3)4/h7-8,10-14,17H,5-6,9,15-16,18H2,1-4H3. The van der Waals surface area contributed by atoms with Crippen LogP contribution in [0.25, 0.3) is 22.5 Å². The second kappa shape index (κ2) is 10.1. The zero-order chi connectivity index (χ0) is 21.6. The third-order valence-electron chi connectivity index (χ3n) is 5.07. The average Bonchev–Trinajstić information content (AvgIpc) is 3.08. The highest BCUT2D eigenvalue weighted by Gasteiger charge is 2.20. The first-order chi connectivity index (χ1) is 14.4. The van der Waals surface area contributed by atoms with Crippen molar-refractivity contribution in [1.29, 1.82) is 0 Å². The van der Waals surface area contributed by atoms with E-state index in [-0.39, 0.29) is 5.82 Å². The quantitative estimate of drug-likeness (QED) is 0.278. The Balaban J connectivity index is 2.03. The van der Waals surface area contributed by atoms with Crippen LogP contribution in [0.5, 0.6) is 0 Å². The van der Waals surface area contributed by atoms with Crippen LogP contribution in [0.4, 0.5) is 4.39 Å². The number of benzene rings is 1. The summed E-state index contributed by atoms with van der Waals surface area (Å²) >= 11 is 0. The van der Waals surface area contributed by atoms with Crippen LogP contribution in [0.2, 0.25) is 25.7 Å². The summed E-state index contributed by atoms with van der Waals surface area (Å²) in [7, 11) is -1.16. The normalized spacial score (nSPS) is 11.8. The van der Waals surface area contributed by atoms with Gasteiger partial charge in [0.15, 0.2) is 0 Å². The molecule has 0 N–H and O–H groups in total. The van der Waals surface area contributed by atoms with E-state index < -0.39 is 8.07 Å². The molecule has 3 rings (SSSR count). The van der Waals surface area contributed by atoms with E-state index in [1.54, 1.807) is 18.3 Å². The molecule has 0 atom stereocenters. The van der Waals surface area contributed by atoms with E-state index in [4.69, 9.17) is 9.72 Å². The Morgan fingerprint density at radius 2 is 1.83 bits per heavy atom. The Bertz CT molecular complexity index is 934. The fourth-order valence-corrected chi connectivity index (χ4v) is 4.06. The van der Waals surface area contributed by atoms with Crippen molar-refractivity contribution in [3.05, 3.63) is 60.4 Å². The Hall–Kier alpha value is -2.31. The minimum Gasteiger partial charge on any atom is -0.361 e. The van der Waals surface area contributed by atoms with Gasteiger partial charge in [-0.25, -0.2) is 9.37 Å². The summed E-state index contributed by atoms with van der Waals surface area (Å²) in [5, 5.41) is 0. The summed E-state index contributed by atoms with van der Waals surface area (Å²) in [4.78, 5) is 9.31. The van der Waals surface area contributed by atoms with Crippen LogP contribution in [-0.2, 0) is 17.9 Å². The highest BCUT2D eigenvalue weighted by Crippen LogP contribution is 2.33. The van der Waals surface area contributed by atoms with Crippen molar-refractivity contribution >= 4 is 8.07 Å². The largest absolute Gasteiger partial charge is 0.361 e. The van der Waals surface area contributed by atoms with Crippen molar-refractivity contribution in [3.8, 4) is 22.5 Å². The number of halogens is 1. The fourth-order valence-electron chi connectivity index (χ4n) is 3.30. The number of aromatic nitrogens is 3. The van der Waals surface area contributed by atoms with Gasteiger partial charge in [0.25, 0.3) is 0 Å². The van der Waals surface area contributed by atoms with Gasteiger partial charge in [0, 0.05) is 44.6 Å². The van der Waals surface area contributed by atoms with Crippen molar-refractivity contribution in [1.82, 2.24) is 14.5 Å². The maximum atomic E-state index is 13.5. The zero-order valence-electron chi connectivity index (χ0n) is 18.5. The molecule has 0 aliphatic carbocycles. The van der Waals surface area contributed by atoms with E-state index in [9.17, 15) is 4.39 Å². The molecule has 6 heteroatoms. The van der Waals surface area contributed by atoms with Crippen LogP contribution in [-0.4, -0.2) is 29.2 Å². The topological polar surface area (TPSA) is 39.9 Å². The van der Waals surface area contributed by atoms with Crippen LogP contribution in [0.3, 0.4) is 0 Å². The molecule has 2 heterocycles. The van der Waals surface area contributed by atoms with Crippen molar-refractivity contribution < 1.29 is 9.13 Å². The summed E-state index contributed by atoms with van der Waals surface area (Å²) in [6.45, 7) is 10.5. The molecule has 0 saturated carbocycles. The van der Waals surface area contributed by atoms with E-state index in [1.165, 1.54) is 12.1 Å². The van der Waals surface area contributed by atoms with Crippen LogP contribution in [0.15, 0.2) is 48.8 Å². The SMILES string of the molecule is CCCCc1nc(-c2ccc(F)cc2)c(-c2cccnc2)n1COCC[Si](C)(C)C. The molecule has 30 heavy (non-hydrogen) atoms. The van der Waals surface area contributed by atoms with Gasteiger partial charge in [-0.2, -0.15) is 0 Å². The lowest BCUT2D eigenvalue weighted by Crippen LogP contribution is -2.22. The smallest absolute Gasteiger partial charge is 0.124 e. The molecular weight excluding hydrogens is 393 g/mol. The molecule has 0 bridgehead atoms. The van der Waals surface area contributed by atoms with E-state index in [0.717, 1.165) is 60.3 Å². The molecule has 0 radical (unpaired) electrons. The first-order valence-electron chi connectivity index (χ1n) is 10.7. The summed E-state index contributed by atoms with van der Waals surface area (Å²) in [5.41, 5.74) is 3.71. The van der Waals surface area contributed by atoms with Gasteiger partial charge in [0.1, 0.15) is 18.4 Å². The molecule has 0 aliphatic rings.